The van der Waals surface area contributed by atoms with Gasteiger partial charge >= 0.3 is 0 Å². The summed E-state index contributed by atoms with van der Waals surface area (Å²) in [4.78, 5) is 0. The van der Waals surface area contributed by atoms with Crippen molar-refractivity contribution in [2.75, 3.05) is 0 Å². The Bertz CT molecular complexity index is 221. The molecule has 0 aromatic carbocycles. The van der Waals surface area contributed by atoms with Gasteiger partial charge in [0.25, 0.3) is 0 Å². The fraction of sp³-hybridized carbons (Fsp3) is 0.800. The molecule has 0 heterocycles. The van der Waals surface area contributed by atoms with E-state index in [0.717, 1.165) is 25.7 Å². The van der Waals surface area contributed by atoms with E-state index in [4.69, 9.17) is 10.5 Å². The fourth-order valence-electron chi connectivity index (χ4n) is 1.87. The van der Waals surface area contributed by atoms with Crippen molar-refractivity contribution in [3.63, 3.8) is 0 Å². The van der Waals surface area contributed by atoms with Crippen molar-refractivity contribution in [1.82, 2.24) is 0 Å². The molecule has 0 aromatic rings. The third-order valence-corrected chi connectivity index (χ3v) is 2.63. The maximum Gasteiger partial charge on any atom is 0.0656 e. The van der Waals surface area contributed by atoms with Crippen molar-refractivity contribution in [3.05, 3.63) is 0 Å². The van der Waals surface area contributed by atoms with Gasteiger partial charge in [0.15, 0.2) is 0 Å². The van der Waals surface area contributed by atoms with E-state index in [0.29, 0.717) is 5.92 Å². The number of nitriles is 2. The largest absolute Gasteiger partial charge is 0.198 e. The highest BCUT2D eigenvalue weighted by molar-refractivity contribution is 4.94. The zero-order chi connectivity index (χ0) is 8.97. The highest BCUT2D eigenvalue weighted by Crippen LogP contribution is 2.30. The Hall–Kier alpha value is -1.02. The Morgan fingerprint density at radius 2 is 1.67 bits per heavy atom. The van der Waals surface area contributed by atoms with Gasteiger partial charge in [-0.05, 0) is 31.6 Å². The highest BCUT2D eigenvalue weighted by atomic mass is 14.3. The molecular formula is C10H14N2. The average Bonchev–Trinajstić information content (AvgIpc) is 2.26. The first-order valence-electron chi connectivity index (χ1n) is 4.55. The molecule has 1 rings (SSSR count). The molecule has 0 spiro atoms. The maximum absolute atomic E-state index is 8.79. The highest BCUT2D eigenvalue weighted by Gasteiger charge is 2.23. The van der Waals surface area contributed by atoms with Gasteiger partial charge in [0.05, 0.1) is 12.1 Å². The predicted octanol–water partition coefficient (Wildman–Crippen LogP) is 2.48. The third-order valence-electron chi connectivity index (χ3n) is 2.63. The summed E-state index contributed by atoms with van der Waals surface area (Å²) in [7, 11) is 0. The Kier molecular flexibility index (Phi) is 3.11. The molecule has 0 N–H and O–H groups in total. The van der Waals surface area contributed by atoms with Gasteiger partial charge in [0.1, 0.15) is 0 Å². The lowest BCUT2D eigenvalue weighted by atomic mass is 9.94. The molecule has 0 aromatic heterocycles. The molecule has 0 saturated heterocycles. The summed E-state index contributed by atoms with van der Waals surface area (Å²) in [6.45, 7) is 2.17. The summed E-state index contributed by atoms with van der Waals surface area (Å²) in [5.74, 6) is 0.861. The second kappa shape index (κ2) is 4.12. The number of nitrogens with zero attached hydrogens (tertiary/aromatic N) is 2. The van der Waals surface area contributed by atoms with Crippen LogP contribution in [0.2, 0.25) is 0 Å². The smallest absolute Gasteiger partial charge is 0.0656 e. The van der Waals surface area contributed by atoms with Gasteiger partial charge in [0, 0.05) is 11.8 Å². The monoisotopic (exact) mass is 162 g/mol. The minimum atomic E-state index is 0.118. The van der Waals surface area contributed by atoms with Gasteiger partial charge in [0.2, 0.25) is 0 Å². The van der Waals surface area contributed by atoms with Crippen molar-refractivity contribution in [2.24, 2.45) is 17.8 Å². The van der Waals surface area contributed by atoms with Crippen LogP contribution in [0.5, 0.6) is 0 Å². The van der Waals surface area contributed by atoms with E-state index in [9.17, 15) is 0 Å². The van der Waals surface area contributed by atoms with Crippen LogP contribution in [0.25, 0.3) is 0 Å². The zero-order valence-electron chi connectivity index (χ0n) is 7.45. The lowest BCUT2D eigenvalue weighted by molar-refractivity contribution is 0.458. The first-order valence-corrected chi connectivity index (χ1v) is 4.55. The minimum Gasteiger partial charge on any atom is -0.198 e. The van der Waals surface area contributed by atoms with Crippen molar-refractivity contribution in [3.8, 4) is 12.1 Å². The van der Waals surface area contributed by atoms with Crippen molar-refractivity contribution < 1.29 is 0 Å². The Morgan fingerprint density at radius 1 is 1.00 bits per heavy atom. The first-order chi connectivity index (χ1) is 5.76. The molecule has 1 saturated carbocycles. The molecule has 3 unspecified atom stereocenters. The Morgan fingerprint density at radius 3 is 2.25 bits per heavy atom. The van der Waals surface area contributed by atoms with Gasteiger partial charge < -0.3 is 0 Å². The van der Waals surface area contributed by atoms with E-state index in [2.05, 4.69) is 19.1 Å². The van der Waals surface area contributed by atoms with Crippen molar-refractivity contribution in [2.45, 2.75) is 32.6 Å². The molecule has 0 amide bonds. The van der Waals surface area contributed by atoms with E-state index in [-0.39, 0.29) is 11.8 Å². The molecule has 0 aliphatic heterocycles. The Labute approximate surface area is 73.8 Å². The minimum absolute atomic E-state index is 0.118. The molecule has 12 heavy (non-hydrogen) atoms. The molecule has 64 valence electrons. The normalized spacial score (nSPS) is 36.1. The summed E-state index contributed by atoms with van der Waals surface area (Å²) in [6.07, 6.45) is 3.86. The van der Waals surface area contributed by atoms with Crippen LogP contribution in [0.15, 0.2) is 0 Å². The topological polar surface area (TPSA) is 47.6 Å². The molecule has 1 fully saturated rings. The van der Waals surface area contributed by atoms with E-state index in [1.165, 1.54) is 0 Å². The second-order valence-corrected chi connectivity index (χ2v) is 3.81. The predicted molar refractivity (Wildman–Crippen MR) is 45.8 cm³/mol. The van der Waals surface area contributed by atoms with Gasteiger partial charge in [-0.3, -0.25) is 0 Å². The van der Waals surface area contributed by atoms with Gasteiger partial charge in [-0.15, -0.1) is 0 Å². The van der Waals surface area contributed by atoms with Crippen LogP contribution in [0.3, 0.4) is 0 Å². The molecule has 0 radical (unpaired) electrons. The second-order valence-electron chi connectivity index (χ2n) is 3.81. The standard InChI is InChI=1S/C10H14N2/c1-8-2-3-9(6-11)5-10(4-8)7-12/h8-10H,2-5H2,1H3. The average molecular weight is 162 g/mol. The maximum atomic E-state index is 8.79. The summed E-state index contributed by atoms with van der Waals surface area (Å²) >= 11 is 0. The molecule has 1 aliphatic rings. The summed E-state index contributed by atoms with van der Waals surface area (Å²) in [6, 6.07) is 4.57. The van der Waals surface area contributed by atoms with E-state index < -0.39 is 0 Å². The molecule has 3 atom stereocenters. The van der Waals surface area contributed by atoms with Gasteiger partial charge in [-0.1, -0.05) is 6.92 Å². The van der Waals surface area contributed by atoms with Crippen LogP contribution < -0.4 is 0 Å². The lowest BCUT2D eigenvalue weighted by Crippen LogP contribution is -2.03. The van der Waals surface area contributed by atoms with Crippen LogP contribution in [-0.4, -0.2) is 0 Å². The van der Waals surface area contributed by atoms with Crippen LogP contribution in [0.4, 0.5) is 0 Å². The summed E-state index contributed by atoms with van der Waals surface area (Å²) in [5, 5.41) is 17.5. The number of hydrogen-bond donors (Lipinski definition) is 0. The third kappa shape index (κ3) is 2.24. The quantitative estimate of drug-likeness (QED) is 0.514. The lowest BCUT2D eigenvalue weighted by Gasteiger charge is -2.08. The summed E-state index contributed by atoms with van der Waals surface area (Å²) < 4.78 is 0. The van der Waals surface area contributed by atoms with E-state index in [1.807, 2.05) is 0 Å². The van der Waals surface area contributed by atoms with Crippen LogP contribution in [0.1, 0.15) is 32.6 Å². The van der Waals surface area contributed by atoms with Crippen molar-refractivity contribution >= 4 is 0 Å². The first kappa shape index (κ1) is 9.07. The number of hydrogen-bond acceptors (Lipinski definition) is 2. The van der Waals surface area contributed by atoms with Gasteiger partial charge in [-0.2, -0.15) is 10.5 Å². The molecule has 2 nitrogen and oxygen atoms in total. The SMILES string of the molecule is CC1CCC(C#N)CC(C#N)C1. The van der Waals surface area contributed by atoms with Crippen LogP contribution in [0, 0.1) is 40.4 Å². The van der Waals surface area contributed by atoms with Crippen LogP contribution >= 0.6 is 0 Å². The molecule has 1 aliphatic carbocycles. The number of rotatable bonds is 0. The molecule has 0 bridgehead atoms. The van der Waals surface area contributed by atoms with Gasteiger partial charge in [-0.25, -0.2) is 0 Å². The van der Waals surface area contributed by atoms with Crippen LogP contribution in [-0.2, 0) is 0 Å². The van der Waals surface area contributed by atoms with E-state index >= 15 is 0 Å². The van der Waals surface area contributed by atoms with E-state index in [1.54, 1.807) is 0 Å². The van der Waals surface area contributed by atoms with Crippen molar-refractivity contribution in [1.29, 1.82) is 10.5 Å². The molecular weight excluding hydrogens is 148 g/mol. The summed E-state index contributed by atoms with van der Waals surface area (Å²) in [5.41, 5.74) is 0. The Balaban J connectivity index is 2.58. The zero-order valence-corrected chi connectivity index (χ0v) is 7.45. The molecule has 2 heteroatoms. The fourth-order valence-corrected chi connectivity index (χ4v) is 1.87.